The predicted molar refractivity (Wildman–Crippen MR) is 126 cm³/mol. The monoisotopic (exact) mass is 460 g/mol. The number of fused-ring (bicyclic) bond motifs is 1. The van der Waals surface area contributed by atoms with Gasteiger partial charge in [0.15, 0.2) is 5.16 Å². The topological polar surface area (TPSA) is 103 Å². The van der Waals surface area contributed by atoms with Crippen LogP contribution in [-0.4, -0.2) is 39.3 Å². The lowest BCUT2D eigenvalue weighted by molar-refractivity contribution is -0.113. The molecular formula is C24H20N4O4S. The standard InChI is InChI=1S/C24H20N4O4S/c1-32-23(31)17-7-4-8-18(12-17)26-21(29)15-33-24-27-20-10-3-2-9-19(20)22(30)28(24)14-16-6-5-11-25-13-16/h2-13H,14-15H2,1H3,(H,26,29). The van der Waals surface area contributed by atoms with E-state index >= 15 is 0 Å². The number of nitrogens with zero attached hydrogens (tertiary/aromatic N) is 3. The van der Waals surface area contributed by atoms with Gasteiger partial charge in [-0.1, -0.05) is 36.0 Å². The van der Waals surface area contributed by atoms with Gasteiger partial charge in [-0.3, -0.25) is 19.1 Å². The molecule has 33 heavy (non-hydrogen) atoms. The second kappa shape index (κ2) is 10.1. The summed E-state index contributed by atoms with van der Waals surface area (Å²) in [4.78, 5) is 46.2. The van der Waals surface area contributed by atoms with Crippen LogP contribution in [0.1, 0.15) is 15.9 Å². The van der Waals surface area contributed by atoms with Crippen LogP contribution in [0.4, 0.5) is 5.69 Å². The van der Waals surface area contributed by atoms with Gasteiger partial charge in [0.25, 0.3) is 5.56 Å². The van der Waals surface area contributed by atoms with Crippen molar-refractivity contribution >= 4 is 40.2 Å². The van der Waals surface area contributed by atoms with Crippen LogP contribution in [0, 0.1) is 0 Å². The van der Waals surface area contributed by atoms with E-state index in [-0.39, 0.29) is 23.8 Å². The molecule has 2 aromatic carbocycles. The van der Waals surface area contributed by atoms with Crippen molar-refractivity contribution in [2.75, 3.05) is 18.2 Å². The normalized spacial score (nSPS) is 10.7. The molecule has 2 heterocycles. The summed E-state index contributed by atoms with van der Waals surface area (Å²) in [6, 6.07) is 17.3. The van der Waals surface area contributed by atoms with Gasteiger partial charge in [-0.25, -0.2) is 9.78 Å². The Bertz CT molecular complexity index is 1370. The summed E-state index contributed by atoms with van der Waals surface area (Å²) in [6.45, 7) is 0.287. The first kappa shape index (κ1) is 22.2. The van der Waals surface area contributed by atoms with Crippen LogP contribution in [0.2, 0.25) is 0 Å². The van der Waals surface area contributed by atoms with Gasteiger partial charge >= 0.3 is 5.97 Å². The first-order chi connectivity index (χ1) is 16.0. The minimum atomic E-state index is -0.486. The number of pyridine rings is 1. The third kappa shape index (κ3) is 5.27. The average molecular weight is 461 g/mol. The Morgan fingerprint density at radius 2 is 1.94 bits per heavy atom. The van der Waals surface area contributed by atoms with Crippen LogP contribution in [0.25, 0.3) is 10.9 Å². The number of thioether (sulfide) groups is 1. The van der Waals surface area contributed by atoms with Crippen LogP contribution >= 0.6 is 11.8 Å². The highest BCUT2D eigenvalue weighted by molar-refractivity contribution is 7.99. The molecular weight excluding hydrogens is 440 g/mol. The van der Waals surface area contributed by atoms with Gasteiger partial charge in [0.2, 0.25) is 5.91 Å². The molecule has 9 heteroatoms. The zero-order valence-corrected chi connectivity index (χ0v) is 18.5. The number of para-hydroxylation sites is 1. The molecule has 166 valence electrons. The van der Waals surface area contributed by atoms with E-state index in [0.717, 1.165) is 5.56 Å². The summed E-state index contributed by atoms with van der Waals surface area (Å²) in [7, 11) is 1.30. The lowest BCUT2D eigenvalue weighted by Crippen LogP contribution is -2.25. The van der Waals surface area contributed by atoms with Crippen molar-refractivity contribution < 1.29 is 14.3 Å². The molecule has 4 rings (SSSR count). The molecule has 0 atom stereocenters. The number of ether oxygens (including phenoxy) is 1. The summed E-state index contributed by atoms with van der Waals surface area (Å²) >= 11 is 1.17. The van der Waals surface area contributed by atoms with E-state index in [1.165, 1.54) is 18.9 Å². The summed E-state index contributed by atoms with van der Waals surface area (Å²) in [5.74, 6) is -0.752. The Balaban J connectivity index is 1.56. The van der Waals surface area contributed by atoms with Gasteiger partial charge in [-0.2, -0.15) is 0 Å². The first-order valence-electron chi connectivity index (χ1n) is 10.0. The molecule has 0 spiro atoms. The molecule has 4 aromatic rings. The van der Waals surface area contributed by atoms with Crippen LogP contribution in [0.15, 0.2) is 83.0 Å². The third-order valence-electron chi connectivity index (χ3n) is 4.79. The Kier molecular flexibility index (Phi) is 6.80. The molecule has 0 saturated carbocycles. The Morgan fingerprint density at radius 3 is 2.73 bits per heavy atom. The molecule has 1 N–H and O–H groups in total. The second-order valence-electron chi connectivity index (χ2n) is 7.07. The zero-order chi connectivity index (χ0) is 23.2. The number of benzene rings is 2. The summed E-state index contributed by atoms with van der Waals surface area (Å²) in [5, 5.41) is 3.70. The summed E-state index contributed by atoms with van der Waals surface area (Å²) in [5.41, 5.74) is 2.05. The van der Waals surface area contributed by atoms with E-state index in [1.807, 2.05) is 12.1 Å². The number of esters is 1. The van der Waals surface area contributed by atoms with Gasteiger partial charge in [0, 0.05) is 18.1 Å². The lowest BCUT2D eigenvalue weighted by atomic mass is 10.2. The van der Waals surface area contributed by atoms with Crippen molar-refractivity contribution in [3.05, 3.63) is 94.5 Å². The number of hydrogen-bond donors (Lipinski definition) is 1. The maximum absolute atomic E-state index is 13.2. The number of aromatic nitrogens is 3. The minimum Gasteiger partial charge on any atom is -0.465 e. The number of amides is 1. The summed E-state index contributed by atoms with van der Waals surface area (Å²) < 4.78 is 6.26. The van der Waals surface area contributed by atoms with Crippen molar-refractivity contribution in [3.8, 4) is 0 Å². The quantitative estimate of drug-likeness (QED) is 0.256. The minimum absolute atomic E-state index is 0.0280. The fourth-order valence-corrected chi connectivity index (χ4v) is 4.04. The Morgan fingerprint density at radius 1 is 1.09 bits per heavy atom. The van der Waals surface area contributed by atoms with Gasteiger partial charge < -0.3 is 10.1 Å². The van der Waals surface area contributed by atoms with E-state index in [2.05, 4.69) is 15.3 Å². The third-order valence-corrected chi connectivity index (χ3v) is 5.77. The van der Waals surface area contributed by atoms with Crippen LogP contribution < -0.4 is 10.9 Å². The van der Waals surface area contributed by atoms with E-state index < -0.39 is 5.97 Å². The number of carbonyl (C=O) groups is 2. The summed E-state index contributed by atoms with van der Waals surface area (Å²) in [6.07, 6.45) is 3.36. The molecule has 0 fully saturated rings. The molecule has 0 saturated heterocycles. The van der Waals surface area contributed by atoms with Crippen molar-refractivity contribution in [3.63, 3.8) is 0 Å². The molecule has 2 aromatic heterocycles. The van der Waals surface area contributed by atoms with E-state index in [4.69, 9.17) is 4.74 Å². The van der Waals surface area contributed by atoms with Crippen LogP contribution in [0.5, 0.6) is 0 Å². The van der Waals surface area contributed by atoms with Crippen molar-refractivity contribution in [2.45, 2.75) is 11.7 Å². The number of nitrogens with one attached hydrogen (secondary N) is 1. The first-order valence-corrected chi connectivity index (χ1v) is 11.0. The van der Waals surface area contributed by atoms with Crippen molar-refractivity contribution in [2.24, 2.45) is 0 Å². The Labute approximate surface area is 193 Å². The number of carbonyl (C=O) groups excluding carboxylic acids is 2. The van der Waals surface area contributed by atoms with Gasteiger partial charge in [0.1, 0.15) is 0 Å². The number of anilines is 1. The number of methoxy groups -OCH3 is 1. The van der Waals surface area contributed by atoms with E-state index in [9.17, 15) is 14.4 Å². The molecule has 0 aliphatic heterocycles. The lowest BCUT2D eigenvalue weighted by Gasteiger charge is -2.13. The van der Waals surface area contributed by atoms with Gasteiger partial charge in [-0.05, 0) is 42.0 Å². The average Bonchev–Trinajstić information content (AvgIpc) is 2.85. The van der Waals surface area contributed by atoms with Crippen molar-refractivity contribution in [1.29, 1.82) is 0 Å². The fraction of sp³-hybridized carbons (Fsp3) is 0.125. The largest absolute Gasteiger partial charge is 0.465 e. The highest BCUT2D eigenvalue weighted by Gasteiger charge is 2.14. The SMILES string of the molecule is COC(=O)c1cccc(NC(=O)CSc2nc3ccccc3c(=O)n2Cc2cccnc2)c1. The second-order valence-corrected chi connectivity index (χ2v) is 8.02. The predicted octanol–water partition coefficient (Wildman–Crippen LogP) is 3.36. The van der Waals surface area contributed by atoms with Gasteiger partial charge in [0.05, 0.1) is 35.9 Å². The molecule has 0 bridgehead atoms. The van der Waals surface area contributed by atoms with Gasteiger partial charge in [-0.15, -0.1) is 0 Å². The zero-order valence-electron chi connectivity index (χ0n) is 17.7. The molecule has 1 amide bonds. The highest BCUT2D eigenvalue weighted by Crippen LogP contribution is 2.20. The van der Waals surface area contributed by atoms with E-state index in [0.29, 0.717) is 27.3 Å². The maximum Gasteiger partial charge on any atom is 0.337 e. The van der Waals surface area contributed by atoms with E-state index in [1.54, 1.807) is 65.5 Å². The number of rotatable bonds is 7. The molecule has 0 aliphatic carbocycles. The van der Waals surface area contributed by atoms with Crippen LogP contribution in [-0.2, 0) is 16.1 Å². The fourth-order valence-electron chi connectivity index (χ4n) is 3.24. The molecule has 8 nitrogen and oxygen atoms in total. The smallest absolute Gasteiger partial charge is 0.337 e. The van der Waals surface area contributed by atoms with Crippen molar-refractivity contribution in [1.82, 2.24) is 14.5 Å². The molecule has 0 aliphatic rings. The highest BCUT2D eigenvalue weighted by atomic mass is 32.2. The molecule has 0 radical (unpaired) electrons. The van der Waals surface area contributed by atoms with Crippen LogP contribution in [0.3, 0.4) is 0 Å². The molecule has 0 unspecified atom stereocenters. The maximum atomic E-state index is 13.2. The Hall–Kier alpha value is -3.98. The number of hydrogen-bond acceptors (Lipinski definition) is 7.